The average Bonchev–Trinajstić information content (AvgIpc) is 2.75. The van der Waals surface area contributed by atoms with Crippen LogP contribution in [0.3, 0.4) is 0 Å². The highest BCUT2D eigenvalue weighted by Gasteiger charge is 2.28. The van der Waals surface area contributed by atoms with E-state index in [9.17, 15) is 9.18 Å². The Hall–Kier alpha value is -1.38. The maximum absolute atomic E-state index is 13.0. The van der Waals surface area contributed by atoms with Gasteiger partial charge in [-0.15, -0.1) is 0 Å². The number of hydrogen-bond acceptors (Lipinski definition) is 2. The van der Waals surface area contributed by atoms with Crippen molar-refractivity contribution in [2.75, 3.05) is 0 Å². The summed E-state index contributed by atoms with van der Waals surface area (Å²) in [5.41, 5.74) is 0. The first kappa shape index (κ1) is 22.3. The third-order valence-corrected chi connectivity index (χ3v) is 7.38. The van der Waals surface area contributed by atoms with Gasteiger partial charge in [-0.2, -0.15) is 0 Å². The molecule has 2 saturated carbocycles. The number of ether oxygens (including phenoxy) is 1. The summed E-state index contributed by atoms with van der Waals surface area (Å²) in [5.74, 6) is 2.73. The van der Waals surface area contributed by atoms with Gasteiger partial charge in [-0.3, -0.25) is 4.79 Å². The van der Waals surface area contributed by atoms with Crippen LogP contribution in [0.2, 0.25) is 0 Å². The Morgan fingerprint density at radius 1 is 0.828 bits per heavy atom. The lowest BCUT2D eigenvalue weighted by molar-refractivity contribution is -0.140. The van der Waals surface area contributed by atoms with Crippen molar-refractivity contribution in [2.45, 2.75) is 96.8 Å². The molecule has 162 valence electrons. The first-order valence-electron chi connectivity index (χ1n) is 12.1. The summed E-state index contributed by atoms with van der Waals surface area (Å²) < 4.78 is 18.4. The number of carbonyl (C=O) groups excluding carboxylic acids is 1. The second kappa shape index (κ2) is 11.7. The fraction of sp³-hybridized carbons (Fsp3) is 0.731. The lowest BCUT2D eigenvalue weighted by Crippen LogP contribution is -2.26. The zero-order chi connectivity index (χ0) is 20.5. The van der Waals surface area contributed by atoms with Crippen LogP contribution >= 0.6 is 0 Å². The predicted octanol–water partition coefficient (Wildman–Crippen LogP) is 7.70. The van der Waals surface area contributed by atoms with Crippen molar-refractivity contribution in [3.63, 3.8) is 0 Å². The van der Waals surface area contributed by atoms with Crippen LogP contribution in [0.5, 0.6) is 5.75 Å². The Morgan fingerprint density at radius 3 is 1.90 bits per heavy atom. The van der Waals surface area contributed by atoms with E-state index >= 15 is 0 Å². The van der Waals surface area contributed by atoms with Gasteiger partial charge in [0.1, 0.15) is 11.6 Å². The zero-order valence-electron chi connectivity index (χ0n) is 18.2. The van der Waals surface area contributed by atoms with Crippen molar-refractivity contribution in [2.24, 2.45) is 23.7 Å². The minimum absolute atomic E-state index is 0.00913. The van der Waals surface area contributed by atoms with Gasteiger partial charge >= 0.3 is 5.97 Å². The summed E-state index contributed by atoms with van der Waals surface area (Å²) in [6, 6.07) is 5.71. The molecule has 1 aromatic rings. The molecule has 0 N–H and O–H groups in total. The molecule has 0 atom stereocenters. The third kappa shape index (κ3) is 7.42. The summed E-state index contributed by atoms with van der Waals surface area (Å²) in [6.07, 6.45) is 18.3. The van der Waals surface area contributed by atoms with Crippen LogP contribution in [0.4, 0.5) is 4.39 Å². The van der Waals surface area contributed by atoms with Gasteiger partial charge in [-0.05, 0) is 67.7 Å². The van der Waals surface area contributed by atoms with E-state index in [1.54, 1.807) is 0 Å². The molecule has 3 heteroatoms. The van der Waals surface area contributed by atoms with Gasteiger partial charge in [0.25, 0.3) is 0 Å². The highest BCUT2D eigenvalue weighted by molar-refractivity contribution is 5.75. The van der Waals surface area contributed by atoms with E-state index in [1.165, 1.54) is 88.5 Å². The lowest BCUT2D eigenvalue weighted by Gasteiger charge is -2.31. The molecule has 0 heterocycles. The van der Waals surface area contributed by atoms with Gasteiger partial charge in [-0.1, -0.05) is 71.1 Å². The fourth-order valence-corrected chi connectivity index (χ4v) is 5.35. The van der Waals surface area contributed by atoms with Crippen LogP contribution in [0.1, 0.15) is 96.8 Å². The van der Waals surface area contributed by atoms with Crippen molar-refractivity contribution in [3.8, 4) is 5.75 Å². The number of rotatable bonds is 9. The van der Waals surface area contributed by atoms with E-state index in [2.05, 4.69) is 6.92 Å². The molecule has 2 nitrogen and oxygen atoms in total. The molecular weight excluding hydrogens is 363 g/mol. The summed E-state index contributed by atoms with van der Waals surface area (Å²) in [5, 5.41) is 0. The number of hydrogen-bond donors (Lipinski definition) is 0. The van der Waals surface area contributed by atoms with E-state index in [1.807, 2.05) is 0 Å². The van der Waals surface area contributed by atoms with Crippen LogP contribution in [0.25, 0.3) is 0 Å². The monoisotopic (exact) mass is 402 g/mol. The van der Waals surface area contributed by atoms with Crippen molar-refractivity contribution < 1.29 is 13.9 Å². The molecule has 29 heavy (non-hydrogen) atoms. The zero-order valence-corrected chi connectivity index (χ0v) is 18.2. The van der Waals surface area contributed by atoms with Crippen LogP contribution in [-0.4, -0.2) is 5.97 Å². The van der Waals surface area contributed by atoms with Crippen LogP contribution < -0.4 is 4.74 Å². The Kier molecular flexibility index (Phi) is 9.01. The second-order valence-electron chi connectivity index (χ2n) is 9.55. The summed E-state index contributed by atoms with van der Waals surface area (Å²) in [4.78, 5) is 12.4. The van der Waals surface area contributed by atoms with Crippen LogP contribution in [0.15, 0.2) is 24.3 Å². The van der Waals surface area contributed by atoms with E-state index in [4.69, 9.17) is 4.74 Å². The topological polar surface area (TPSA) is 26.3 Å². The molecule has 3 rings (SSSR count). The van der Waals surface area contributed by atoms with Crippen molar-refractivity contribution in [3.05, 3.63) is 30.1 Å². The summed E-state index contributed by atoms with van der Waals surface area (Å²) in [7, 11) is 0. The number of unbranched alkanes of at least 4 members (excludes halogenated alkanes) is 2. The lowest BCUT2D eigenvalue weighted by atomic mass is 9.75. The fourth-order valence-electron chi connectivity index (χ4n) is 5.35. The molecule has 2 aliphatic rings. The molecule has 1 aromatic carbocycles. The molecule has 0 saturated heterocycles. The summed E-state index contributed by atoms with van der Waals surface area (Å²) in [6.45, 7) is 2.29. The first-order valence-corrected chi connectivity index (χ1v) is 12.1. The molecule has 0 spiro atoms. The molecule has 0 aliphatic heterocycles. The number of halogens is 1. The van der Waals surface area contributed by atoms with Gasteiger partial charge in [0.15, 0.2) is 0 Å². The quantitative estimate of drug-likeness (QED) is 0.240. The highest BCUT2D eigenvalue weighted by Crippen LogP contribution is 2.38. The van der Waals surface area contributed by atoms with Crippen molar-refractivity contribution in [1.82, 2.24) is 0 Å². The van der Waals surface area contributed by atoms with E-state index in [0.717, 1.165) is 43.4 Å². The Balaban J connectivity index is 1.29. The van der Waals surface area contributed by atoms with Gasteiger partial charge in [0.2, 0.25) is 0 Å². The van der Waals surface area contributed by atoms with Crippen LogP contribution in [0, 0.1) is 29.5 Å². The Morgan fingerprint density at radius 2 is 1.34 bits per heavy atom. The standard InChI is InChI=1S/C26H39FO2/c1-2-3-4-5-20-6-8-21(9-7-20)10-11-22-12-14-23(15-13-22)26(28)29-25-18-16-24(27)17-19-25/h16-23H,2-15H2,1H3. The van der Waals surface area contributed by atoms with Crippen molar-refractivity contribution in [1.29, 1.82) is 0 Å². The maximum Gasteiger partial charge on any atom is 0.314 e. The maximum atomic E-state index is 13.0. The van der Waals surface area contributed by atoms with Gasteiger partial charge in [0.05, 0.1) is 5.92 Å². The molecule has 2 fully saturated rings. The van der Waals surface area contributed by atoms with Gasteiger partial charge in [0, 0.05) is 0 Å². The Labute approximate surface area is 176 Å². The van der Waals surface area contributed by atoms with Gasteiger partial charge < -0.3 is 4.74 Å². The highest BCUT2D eigenvalue weighted by atomic mass is 19.1. The molecule has 0 unspecified atom stereocenters. The van der Waals surface area contributed by atoms with Gasteiger partial charge in [-0.25, -0.2) is 4.39 Å². The SMILES string of the molecule is CCCCCC1CCC(CCC2CCC(C(=O)Oc3ccc(F)cc3)CC2)CC1. The number of carbonyl (C=O) groups is 1. The third-order valence-electron chi connectivity index (χ3n) is 7.38. The first-order chi connectivity index (χ1) is 14.1. The second-order valence-corrected chi connectivity index (χ2v) is 9.55. The smallest absolute Gasteiger partial charge is 0.314 e. The van der Waals surface area contributed by atoms with E-state index in [-0.39, 0.29) is 17.7 Å². The number of benzene rings is 1. The molecule has 0 amide bonds. The molecule has 0 bridgehead atoms. The molecule has 0 aromatic heterocycles. The average molecular weight is 403 g/mol. The molecule has 0 radical (unpaired) electrons. The minimum Gasteiger partial charge on any atom is -0.426 e. The minimum atomic E-state index is -0.310. The van der Waals surface area contributed by atoms with E-state index < -0.39 is 0 Å². The predicted molar refractivity (Wildman–Crippen MR) is 116 cm³/mol. The van der Waals surface area contributed by atoms with Crippen LogP contribution in [-0.2, 0) is 4.79 Å². The molecule has 2 aliphatic carbocycles. The Bertz CT molecular complexity index is 596. The molecular formula is C26H39FO2. The largest absolute Gasteiger partial charge is 0.426 e. The summed E-state index contributed by atoms with van der Waals surface area (Å²) >= 11 is 0. The number of esters is 1. The van der Waals surface area contributed by atoms with E-state index in [0.29, 0.717) is 5.75 Å². The van der Waals surface area contributed by atoms with Crippen molar-refractivity contribution >= 4 is 5.97 Å². The normalized spacial score (nSPS) is 27.5.